The molecule has 1 aliphatic heterocycles. The number of pyridine rings is 1. The lowest BCUT2D eigenvalue weighted by molar-refractivity contribution is -0.131. The van der Waals surface area contributed by atoms with Crippen molar-refractivity contribution in [1.82, 2.24) is 25.7 Å². The predicted octanol–water partition coefficient (Wildman–Crippen LogP) is 3.28. The topological polar surface area (TPSA) is 104 Å². The van der Waals surface area contributed by atoms with Crippen LogP contribution >= 0.6 is 23.1 Å². The molecule has 2 N–H and O–H groups in total. The lowest BCUT2D eigenvalue weighted by Crippen LogP contribution is -2.42. The number of carbonyl (C=O) groups is 3. The number of benzene rings is 1. The summed E-state index contributed by atoms with van der Waals surface area (Å²) < 4.78 is 0. The third-order valence-electron chi connectivity index (χ3n) is 5.65. The number of hydrogen-bond acceptors (Lipinski definition) is 7. The summed E-state index contributed by atoms with van der Waals surface area (Å²) in [6, 6.07) is 13.1. The second-order valence-corrected chi connectivity index (χ2v) is 9.64. The molecule has 10 heteroatoms. The standard InChI is InChI=1S/C24H25N5O3S2/c1-33-18-7-5-16(6-8-18)14-21(30)29-12-9-17(10-13-29)24-26-20(15-34-24)23(32)28-27-22(31)19-4-2-3-11-25-19/h2-8,11,15,17H,9-10,12-14H2,1H3,(H,27,31)(H,28,32). The largest absolute Gasteiger partial charge is 0.342 e. The third kappa shape index (κ3) is 6.00. The molecule has 1 aromatic carbocycles. The number of amides is 3. The average molecular weight is 496 g/mol. The molecule has 8 nitrogen and oxygen atoms in total. The molecule has 0 saturated carbocycles. The summed E-state index contributed by atoms with van der Waals surface area (Å²) in [5.41, 5.74) is 6.22. The number of carbonyl (C=O) groups excluding carboxylic acids is 3. The van der Waals surface area contributed by atoms with Crippen LogP contribution in [-0.2, 0) is 11.2 Å². The SMILES string of the molecule is CSc1ccc(CC(=O)N2CCC(c3nc(C(=O)NNC(=O)c4ccccn4)cs3)CC2)cc1. The molecule has 0 radical (unpaired) electrons. The number of thiazole rings is 1. The zero-order valence-corrected chi connectivity index (χ0v) is 20.3. The van der Waals surface area contributed by atoms with Gasteiger partial charge in [-0.2, -0.15) is 0 Å². The second-order valence-electron chi connectivity index (χ2n) is 7.87. The monoisotopic (exact) mass is 495 g/mol. The van der Waals surface area contributed by atoms with Crippen LogP contribution in [0.5, 0.6) is 0 Å². The minimum atomic E-state index is -0.498. The van der Waals surface area contributed by atoms with Crippen LogP contribution in [0.25, 0.3) is 0 Å². The van der Waals surface area contributed by atoms with Gasteiger partial charge in [-0.3, -0.25) is 30.2 Å². The van der Waals surface area contributed by atoms with E-state index in [9.17, 15) is 14.4 Å². The van der Waals surface area contributed by atoms with Crippen LogP contribution in [0.3, 0.4) is 0 Å². The number of rotatable bonds is 6. The second kappa shape index (κ2) is 11.3. The quantitative estimate of drug-likeness (QED) is 0.402. The molecule has 4 rings (SSSR count). The fourth-order valence-corrected chi connectivity index (χ4v) is 5.10. The minimum Gasteiger partial charge on any atom is -0.342 e. The van der Waals surface area contributed by atoms with Crippen LogP contribution in [0.1, 0.15) is 50.3 Å². The summed E-state index contributed by atoms with van der Waals surface area (Å²) in [7, 11) is 0. The maximum atomic E-state index is 12.7. The first-order valence-corrected chi connectivity index (χ1v) is 13.0. The average Bonchev–Trinajstić information content (AvgIpc) is 3.39. The van der Waals surface area contributed by atoms with Gasteiger partial charge in [-0.15, -0.1) is 23.1 Å². The van der Waals surface area contributed by atoms with Crippen molar-refractivity contribution in [3.05, 3.63) is 76.0 Å². The molecule has 1 aliphatic rings. The molecule has 3 amide bonds. The van der Waals surface area contributed by atoms with Crippen molar-refractivity contribution in [1.29, 1.82) is 0 Å². The zero-order chi connectivity index (χ0) is 23.9. The van der Waals surface area contributed by atoms with Crippen LogP contribution in [0.4, 0.5) is 0 Å². The molecule has 2 aromatic heterocycles. The number of nitrogens with one attached hydrogen (secondary N) is 2. The molecule has 0 bridgehead atoms. The molecule has 3 heterocycles. The Balaban J connectivity index is 1.25. The Morgan fingerprint density at radius 2 is 1.74 bits per heavy atom. The molecular weight excluding hydrogens is 470 g/mol. The highest BCUT2D eigenvalue weighted by atomic mass is 32.2. The lowest BCUT2D eigenvalue weighted by Gasteiger charge is -2.31. The molecule has 0 atom stereocenters. The number of likely N-dealkylation sites (tertiary alicyclic amines) is 1. The summed E-state index contributed by atoms with van der Waals surface area (Å²) >= 11 is 3.11. The van der Waals surface area contributed by atoms with Gasteiger partial charge < -0.3 is 4.90 Å². The van der Waals surface area contributed by atoms with Crippen molar-refractivity contribution in [2.75, 3.05) is 19.3 Å². The number of thioether (sulfide) groups is 1. The predicted molar refractivity (Wildman–Crippen MR) is 132 cm³/mol. The molecule has 0 spiro atoms. The van der Waals surface area contributed by atoms with E-state index in [0.717, 1.165) is 23.4 Å². The van der Waals surface area contributed by atoms with Crippen LogP contribution in [0.2, 0.25) is 0 Å². The van der Waals surface area contributed by atoms with E-state index in [4.69, 9.17) is 0 Å². The summed E-state index contributed by atoms with van der Waals surface area (Å²) in [6.45, 7) is 1.35. The van der Waals surface area contributed by atoms with Gasteiger partial charge in [-0.25, -0.2) is 4.98 Å². The van der Waals surface area contributed by atoms with E-state index in [1.807, 2.05) is 35.4 Å². The van der Waals surface area contributed by atoms with Gasteiger partial charge in [0.05, 0.1) is 11.4 Å². The zero-order valence-electron chi connectivity index (χ0n) is 18.7. The number of piperidine rings is 1. The van der Waals surface area contributed by atoms with Crippen LogP contribution in [-0.4, -0.2) is 51.9 Å². The number of nitrogens with zero attached hydrogens (tertiary/aromatic N) is 3. The first kappa shape index (κ1) is 23.9. The van der Waals surface area contributed by atoms with Crippen molar-refractivity contribution in [2.24, 2.45) is 0 Å². The Labute approximate surface area is 206 Å². The van der Waals surface area contributed by atoms with E-state index in [1.165, 1.54) is 22.4 Å². The fourth-order valence-electron chi connectivity index (χ4n) is 3.72. The normalized spacial score (nSPS) is 14.0. The highest BCUT2D eigenvalue weighted by Crippen LogP contribution is 2.30. The van der Waals surface area contributed by atoms with Crippen LogP contribution < -0.4 is 10.9 Å². The van der Waals surface area contributed by atoms with Gasteiger partial charge in [0, 0.05) is 35.5 Å². The van der Waals surface area contributed by atoms with Crippen LogP contribution in [0, 0.1) is 0 Å². The van der Waals surface area contributed by atoms with E-state index in [0.29, 0.717) is 19.5 Å². The summed E-state index contributed by atoms with van der Waals surface area (Å²) in [4.78, 5) is 48.6. The summed E-state index contributed by atoms with van der Waals surface area (Å²) in [5, 5.41) is 2.56. The summed E-state index contributed by atoms with van der Waals surface area (Å²) in [6.07, 6.45) is 5.56. The number of hydrazine groups is 1. The Hall–Kier alpha value is -3.24. The minimum absolute atomic E-state index is 0.137. The molecule has 0 unspecified atom stereocenters. The smallest absolute Gasteiger partial charge is 0.289 e. The van der Waals surface area contributed by atoms with Gasteiger partial charge in [0.25, 0.3) is 11.8 Å². The van der Waals surface area contributed by atoms with Crippen molar-refractivity contribution in [3.63, 3.8) is 0 Å². The maximum absolute atomic E-state index is 12.7. The fraction of sp³-hybridized carbons (Fsp3) is 0.292. The van der Waals surface area contributed by atoms with Crippen molar-refractivity contribution < 1.29 is 14.4 Å². The molecule has 34 heavy (non-hydrogen) atoms. The summed E-state index contributed by atoms with van der Waals surface area (Å²) in [5.74, 6) is -0.633. The van der Waals surface area contributed by atoms with Crippen molar-refractivity contribution in [2.45, 2.75) is 30.1 Å². The van der Waals surface area contributed by atoms with Gasteiger partial charge in [0.1, 0.15) is 11.4 Å². The molecular formula is C24H25N5O3S2. The third-order valence-corrected chi connectivity index (χ3v) is 7.40. The number of hydrogen-bond donors (Lipinski definition) is 2. The maximum Gasteiger partial charge on any atom is 0.289 e. The Morgan fingerprint density at radius 3 is 2.38 bits per heavy atom. The molecule has 1 saturated heterocycles. The van der Waals surface area contributed by atoms with E-state index < -0.39 is 11.8 Å². The van der Waals surface area contributed by atoms with Gasteiger partial charge in [0.2, 0.25) is 5.91 Å². The van der Waals surface area contributed by atoms with E-state index in [-0.39, 0.29) is 23.2 Å². The van der Waals surface area contributed by atoms with E-state index >= 15 is 0 Å². The lowest BCUT2D eigenvalue weighted by atomic mass is 9.97. The van der Waals surface area contributed by atoms with E-state index in [2.05, 4.69) is 20.8 Å². The van der Waals surface area contributed by atoms with Crippen molar-refractivity contribution in [3.8, 4) is 0 Å². The Kier molecular flexibility index (Phi) is 7.91. The Bertz CT molecular complexity index is 1140. The molecule has 176 valence electrons. The van der Waals surface area contributed by atoms with Gasteiger partial charge >= 0.3 is 0 Å². The van der Waals surface area contributed by atoms with Crippen molar-refractivity contribution >= 4 is 40.8 Å². The molecule has 1 fully saturated rings. The van der Waals surface area contributed by atoms with Gasteiger partial charge in [0.15, 0.2) is 0 Å². The Morgan fingerprint density at radius 1 is 1.03 bits per heavy atom. The highest BCUT2D eigenvalue weighted by Gasteiger charge is 2.26. The van der Waals surface area contributed by atoms with Gasteiger partial charge in [-0.1, -0.05) is 18.2 Å². The first-order valence-electron chi connectivity index (χ1n) is 10.9. The molecule has 0 aliphatic carbocycles. The van der Waals surface area contributed by atoms with Gasteiger partial charge in [-0.05, 0) is 48.9 Å². The van der Waals surface area contributed by atoms with E-state index in [1.54, 1.807) is 35.3 Å². The molecule has 3 aromatic rings. The first-order chi connectivity index (χ1) is 16.5. The highest BCUT2D eigenvalue weighted by molar-refractivity contribution is 7.98. The number of aromatic nitrogens is 2. The van der Waals surface area contributed by atoms with Crippen LogP contribution in [0.15, 0.2) is 58.9 Å².